The van der Waals surface area contributed by atoms with Crippen LogP contribution in [0.3, 0.4) is 0 Å². The van der Waals surface area contributed by atoms with E-state index in [0.29, 0.717) is 0 Å². The summed E-state index contributed by atoms with van der Waals surface area (Å²) in [5.41, 5.74) is 26.1. The van der Waals surface area contributed by atoms with Crippen LogP contribution in [-0.4, -0.2) is 13.7 Å². The molecule has 16 aromatic rings. The Labute approximate surface area is 493 Å². The molecule has 0 saturated carbocycles. The fourth-order valence-corrected chi connectivity index (χ4v) is 14.1. The summed E-state index contributed by atoms with van der Waals surface area (Å²) in [6, 6.07) is 112. The van der Waals surface area contributed by atoms with Gasteiger partial charge in [-0.2, -0.15) is 0 Å². The van der Waals surface area contributed by atoms with Crippen molar-refractivity contribution in [1.29, 1.82) is 0 Å². The van der Waals surface area contributed by atoms with E-state index < -0.39 is 0 Å². The van der Waals surface area contributed by atoms with Gasteiger partial charge in [-0.1, -0.05) is 196 Å². The molecule has 0 spiro atoms. The molecule has 0 aliphatic heterocycles. The second kappa shape index (κ2) is 19.1. The highest BCUT2D eigenvalue weighted by molar-refractivity contribution is 6.13. The first-order valence-corrected chi connectivity index (χ1v) is 29.5. The van der Waals surface area contributed by atoms with Gasteiger partial charge in [0.25, 0.3) is 0 Å². The maximum Gasteiger partial charge on any atom is 0.0547 e. The maximum atomic E-state index is 2.45. The average Bonchev–Trinajstić information content (AvgIpc) is 1.98. The molecule has 0 atom stereocenters. The second-order valence-corrected chi connectivity index (χ2v) is 23.3. The highest BCUT2D eigenvalue weighted by atomic mass is 15.1. The number of rotatable bonds is 9. The Hall–Kier alpha value is -10.9. The van der Waals surface area contributed by atoms with Crippen LogP contribution in [0.2, 0.25) is 0 Å². The molecule has 0 bridgehead atoms. The lowest BCUT2D eigenvalue weighted by Gasteiger charge is -2.28. The van der Waals surface area contributed by atoms with Crippen molar-refractivity contribution in [1.82, 2.24) is 13.7 Å². The molecular weight excluding hydrogens is 1030 g/mol. The number of hydrogen-bond acceptors (Lipinski definition) is 1. The van der Waals surface area contributed by atoms with Crippen LogP contribution in [0.4, 0.5) is 17.1 Å². The van der Waals surface area contributed by atoms with Gasteiger partial charge in [-0.05, 0) is 177 Å². The van der Waals surface area contributed by atoms with Crippen molar-refractivity contribution in [2.45, 2.75) is 19.3 Å². The van der Waals surface area contributed by atoms with Gasteiger partial charge in [-0.25, -0.2) is 0 Å². The number of benzene rings is 13. The average molecular weight is 1090 g/mol. The fraction of sp³-hybridized carbons (Fsp3) is 0.0370. The number of aromatic nitrogens is 3. The zero-order valence-electron chi connectivity index (χ0n) is 47.2. The van der Waals surface area contributed by atoms with Crippen LogP contribution in [-0.2, 0) is 5.41 Å². The molecule has 4 heteroatoms. The third-order valence-electron chi connectivity index (χ3n) is 18.2. The van der Waals surface area contributed by atoms with Gasteiger partial charge >= 0.3 is 0 Å². The van der Waals surface area contributed by atoms with Crippen molar-refractivity contribution in [3.63, 3.8) is 0 Å². The molecule has 85 heavy (non-hydrogen) atoms. The van der Waals surface area contributed by atoms with E-state index >= 15 is 0 Å². The van der Waals surface area contributed by atoms with Crippen LogP contribution >= 0.6 is 0 Å². The van der Waals surface area contributed by atoms with Crippen molar-refractivity contribution in [3.05, 3.63) is 314 Å². The Balaban J connectivity index is 0.762. The van der Waals surface area contributed by atoms with E-state index in [2.05, 4.69) is 336 Å². The third-order valence-corrected chi connectivity index (χ3v) is 18.2. The van der Waals surface area contributed by atoms with Crippen molar-refractivity contribution in [2.75, 3.05) is 4.90 Å². The van der Waals surface area contributed by atoms with Crippen molar-refractivity contribution in [3.8, 4) is 61.6 Å². The van der Waals surface area contributed by atoms with Gasteiger partial charge in [-0.15, -0.1) is 0 Å². The highest BCUT2D eigenvalue weighted by Crippen LogP contribution is 2.52. The van der Waals surface area contributed by atoms with E-state index in [1.165, 1.54) is 116 Å². The Morgan fingerprint density at radius 2 is 0.565 bits per heavy atom. The first-order chi connectivity index (χ1) is 41.9. The van der Waals surface area contributed by atoms with Gasteiger partial charge in [0, 0.05) is 71.9 Å². The van der Waals surface area contributed by atoms with Gasteiger partial charge in [-0.3, -0.25) is 0 Å². The summed E-state index contributed by atoms with van der Waals surface area (Å²) >= 11 is 0. The largest absolute Gasteiger partial charge is 0.310 e. The molecule has 13 aromatic carbocycles. The van der Waals surface area contributed by atoms with E-state index in [4.69, 9.17) is 0 Å². The fourth-order valence-electron chi connectivity index (χ4n) is 14.1. The molecular formula is C81H56N4. The summed E-state index contributed by atoms with van der Waals surface area (Å²) in [6.07, 6.45) is 0. The number of nitrogens with zero attached hydrogens (tertiary/aromatic N) is 4. The van der Waals surface area contributed by atoms with Gasteiger partial charge in [0.1, 0.15) is 0 Å². The molecule has 3 aromatic heterocycles. The van der Waals surface area contributed by atoms with E-state index in [9.17, 15) is 0 Å². The minimum absolute atomic E-state index is 0.273. The third kappa shape index (κ3) is 7.69. The van der Waals surface area contributed by atoms with Crippen molar-refractivity contribution < 1.29 is 0 Å². The first-order valence-electron chi connectivity index (χ1n) is 29.5. The van der Waals surface area contributed by atoms with Gasteiger partial charge in [0.15, 0.2) is 0 Å². The van der Waals surface area contributed by atoms with Gasteiger partial charge in [0.2, 0.25) is 0 Å². The Morgan fingerprint density at radius 1 is 0.235 bits per heavy atom. The number of hydrogen-bond donors (Lipinski definition) is 0. The van der Waals surface area contributed by atoms with E-state index in [0.717, 1.165) is 39.6 Å². The van der Waals surface area contributed by atoms with Crippen LogP contribution in [0.5, 0.6) is 0 Å². The number of fused-ring (bicyclic) bond motifs is 12. The van der Waals surface area contributed by atoms with E-state index in [1.807, 2.05) is 0 Å². The molecule has 1 aliphatic carbocycles. The van der Waals surface area contributed by atoms with Crippen LogP contribution in [0.25, 0.3) is 127 Å². The lowest BCUT2D eigenvalue weighted by molar-refractivity contribution is 0.660. The minimum atomic E-state index is -0.273. The predicted molar refractivity (Wildman–Crippen MR) is 358 cm³/mol. The lowest BCUT2D eigenvalue weighted by atomic mass is 9.81. The van der Waals surface area contributed by atoms with Crippen LogP contribution in [0, 0.1) is 0 Å². The van der Waals surface area contributed by atoms with Crippen molar-refractivity contribution in [2.24, 2.45) is 0 Å². The Morgan fingerprint density at radius 3 is 1.06 bits per heavy atom. The van der Waals surface area contributed by atoms with E-state index in [-0.39, 0.29) is 5.41 Å². The Bertz CT molecular complexity index is 5100. The molecule has 4 nitrogen and oxygen atoms in total. The number of para-hydroxylation sites is 6. The molecule has 0 amide bonds. The predicted octanol–water partition coefficient (Wildman–Crippen LogP) is 21.8. The lowest BCUT2D eigenvalue weighted by Crippen LogP contribution is -2.16. The SMILES string of the molecule is CC1(C)c2cc(-c3ccc4c(c3)c3ccccc3n4-c3ccccc3)ccc2-c2ccc(N(c3ccc(-c4ccc5c6ccccc6n(-c6ccccc6)c5c4)cc3)c3ccc(-c4ccc5c6ccccc6n(-c6ccccc6)c5c4)cc3)cc21. The Kier molecular flexibility index (Phi) is 10.9. The monoisotopic (exact) mass is 1080 g/mol. The normalized spacial score (nSPS) is 12.7. The topological polar surface area (TPSA) is 18.0 Å². The first kappa shape index (κ1) is 48.7. The second-order valence-electron chi connectivity index (χ2n) is 23.3. The number of anilines is 3. The van der Waals surface area contributed by atoms with Crippen LogP contribution in [0.1, 0.15) is 25.0 Å². The molecule has 1 aliphatic rings. The smallest absolute Gasteiger partial charge is 0.0547 e. The summed E-state index contributed by atoms with van der Waals surface area (Å²) in [5.74, 6) is 0. The molecule has 17 rings (SSSR count). The van der Waals surface area contributed by atoms with Crippen LogP contribution < -0.4 is 4.90 Å². The van der Waals surface area contributed by atoms with Gasteiger partial charge in [0.05, 0.1) is 33.1 Å². The standard InChI is InChI=1S/C81H56N4/c1-81(2)73-49-56(55-37-47-78-72(48-55)69-26-14-17-29-77(69)83(78)59-18-6-3-7-19-59)34-43-65(73)66-46-42-64(52-74(66)81)82(62-38-30-53(31-39-62)57-35-44-70-67-24-12-15-27-75(67)84(79(70)50-57)60-20-8-4-9-21-60)63-40-32-54(33-41-63)58-36-45-71-68-25-13-16-28-76(68)85(80(71)51-58)61-22-10-5-11-23-61/h3-52H,1-2H3. The maximum absolute atomic E-state index is 2.45. The van der Waals surface area contributed by atoms with Crippen LogP contribution in [0.15, 0.2) is 303 Å². The summed E-state index contributed by atoms with van der Waals surface area (Å²) in [4.78, 5) is 2.44. The zero-order valence-corrected chi connectivity index (χ0v) is 47.2. The minimum Gasteiger partial charge on any atom is -0.310 e. The molecule has 0 N–H and O–H groups in total. The summed E-state index contributed by atoms with van der Waals surface area (Å²) in [5, 5.41) is 7.51. The van der Waals surface area contributed by atoms with E-state index in [1.54, 1.807) is 0 Å². The molecule has 0 fully saturated rings. The molecule has 0 saturated heterocycles. The molecule has 0 unspecified atom stereocenters. The summed E-state index contributed by atoms with van der Waals surface area (Å²) in [6.45, 7) is 4.80. The highest BCUT2D eigenvalue weighted by Gasteiger charge is 2.36. The van der Waals surface area contributed by atoms with Gasteiger partial charge < -0.3 is 18.6 Å². The molecule has 400 valence electrons. The molecule has 0 radical (unpaired) electrons. The summed E-state index contributed by atoms with van der Waals surface area (Å²) < 4.78 is 7.19. The zero-order chi connectivity index (χ0) is 56.3. The quantitative estimate of drug-likeness (QED) is 0.141. The summed E-state index contributed by atoms with van der Waals surface area (Å²) in [7, 11) is 0. The van der Waals surface area contributed by atoms with Crippen molar-refractivity contribution >= 4 is 82.5 Å². The molecule has 3 heterocycles.